The number of thiazole rings is 1. The van der Waals surface area contributed by atoms with Crippen LogP contribution >= 0.6 is 11.3 Å². The van der Waals surface area contributed by atoms with E-state index in [1.165, 1.54) is 0 Å². The van der Waals surface area contributed by atoms with Gasteiger partial charge in [0.1, 0.15) is 0 Å². The molecule has 0 unspecified atom stereocenters. The summed E-state index contributed by atoms with van der Waals surface area (Å²) in [7, 11) is 0. The second kappa shape index (κ2) is 10.5. The normalized spacial score (nSPS) is 32.1. The van der Waals surface area contributed by atoms with E-state index in [-0.39, 0.29) is 35.6 Å². The third-order valence-corrected chi connectivity index (χ3v) is 6.92. The lowest BCUT2D eigenvalue weighted by Crippen LogP contribution is -2.42. The number of hydrogen-bond acceptors (Lipinski definition) is 6. The first-order valence-electron chi connectivity index (χ1n) is 10.9. The van der Waals surface area contributed by atoms with E-state index in [0.29, 0.717) is 6.42 Å². The van der Waals surface area contributed by atoms with Crippen LogP contribution in [-0.4, -0.2) is 45.1 Å². The molecule has 31 heavy (non-hydrogen) atoms. The van der Waals surface area contributed by atoms with Crippen molar-refractivity contribution in [1.82, 2.24) is 10.3 Å². The Morgan fingerprint density at radius 1 is 1.29 bits per heavy atom. The quantitative estimate of drug-likeness (QED) is 0.608. The predicted octanol–water partition coefficient (Wildman–Crippen LogP) is 3.34. The lowest BCUT2D eigenvalue weighted by molar-refractivity contribution is -0.126. The summed E-state index contributed by atoms with van der Waals surface area (Å²) in [5.74, 6) is -1.35. The van der Waals surface area contributed by atoms with Crippen molar-refractivity contribution >= 4 is 29.1 Å². The highest BCUT2D eigenvalue weighted by Crippen LogP contribution is 2.31. The molecule has 0 radical (unpaired) electrons. The number of amides is 1. The van der Waals surface area contributed by atoms with Crippen molar-refractivity contribution in [2.45, 2.75) is 71.1 Å². The summed E-state index contributed by atoms with van der Waals surface area (Å²) in [6.07, 6.45) is 8.84. The maximum atomic E-state index is 12.7. The average molecular weight is 445 g/mol. The van der Waals surface area contributed by atoms with Gasteiger partial charge in [-0.1, -0.05) is 25.2 Å². The van der Waals surface area contributed by atoms with Gasteiger partial charge in [-0.25, -0.2) is 4.98 Å². The molecule has 2 aliphatic rings. The number of carbonyl (C=O) groups is 2. The Morgan fingerprint density at radius 3 is 2.77 bits per heavy atom. The van der Waals surface area contributed by atoms with E-state index < -0.39 is 18.1 Å². The highest BCUT2D eigenvalue weighted by atomic mass is 32.1. The van der Waals surface area contributed by atoms with Crippen LogP contribution in [0.15, 0.2) is 34.8 Å². The number of rotatable bonds is 2. The number of fused-ring (bicyclic) bond motifs is 1. The van der Waals surface area contributed by atoms with E-state index in [0.717, 1.165) is 35.5 Å². The number of aryl methyl sites for hydroxylation is 1. The maximum Gasteiger partial charge on any atom is 0.223 e. The van der Waals surface area contributed by atoms with Crippen molar-refractivity contribution in [1.29, 1.82) is 0 Å². The molecule has 5 atom stereocenters. The standard InChI is InChI=1S/C24H32N2O4S/c1-14(10-18-13-31-16(3)25-18)20-9-7-5-4-6-8-17-11-19(21(27)12-22(28)26-20)24(30)15(2)23(17)29/h5,7,10-11,13,15,17,20-21,23,27,29H,4,6,8-9,12H2,1-3H3,(H,26,28)/b7-5-,14-10+/t15-,17+,20-,21-,23-/m0/s1. The first kappa shape index (κ1) is 23.6. The molecule has 1 amide bonds. The largest absolute Gasteiger partial charge is 0.392 e. The smallest absolute Gasteiger partial charge is 0.223 e. The van der Waals surface area contributed by atoms with Crippen molar-refractivity contribution in [2.75, 3.05) is 0 Å². The Balaban J connectivity index is 1.81. The van der Waals surface area contributed by atoms with Gasteiger partial charge in [-0.05, 0) is 51.2 Å². The number of aliphatic hydroxyl groups is 2. The lowest BCUT2D eigenvalue weighted by atomic mass is 9.76. The van der Waals surface area contributed by atoms with Crippen LogP contribution in [0.1, 0.15) is 56.7 Å². The summed E-state index contributed by atoms with van der Waals surface area (Å²) in [5.41, 5.74) is 2.11. The van der Waals surface area contributed by atoms with E-state index in [9.17, 15) is 19.8 Å². The van der Waals surface area contributed by atoms with Crippen LogP contribution in [-0.2, 0) is 9.59 Å². The fourth-order valence-corrected chi connectivity index (χ4v) is 4.80. The maximum absolute atomic E-state index is 12.7. The molecule has 1 aliphatic heterocycles. The fourth-order valence-electron chi connectivity index (χ4n) is 4.23. The van der Waals surface area contributed by atoms with E-state index in [1.54, 1.807) is 24.3 Å². The van der Waals surface area contributed by atoms with Gasteiger partial charge in [0.15, 0.2) is 5.78 Å². The molecule has 1 aliphatic carbocycles. The highest BCUT2D eigenvalue weighted by Gasteiger charge is 2.37. The number of aromatic nitrogens is 1. The van der Waals surface area contributed by atoms with Gasteiger partial charge >= 0.3 is 0 Å². The summed E-state index contributed by atoms with van der Waals surface area (Å²) in [6.45, 7) is 5.61. The third kappa shape index (κ3) is 5.99. The first-order chi connectivity index (χ1) is 14.8. The minimum atomic E-state index is -1.17. The van der Waals surface area contributed by atoms with Gasteiger partial charge in [-0.15, -0.1) is 11.3 Å². The topological polar surface area (TPSA) is 99.5 Å². The lowest BCUT2D eigenvalue weighted by Gasteiger charge is -2.32. The SMILES string of the molecule is C/C(=C\c1csc(C)n1)[C@@H]1C/C=C\CCC[C@@H]2C=C(C(=O)[C@@H](C)[C@@H]2O)[C@@H](O)CC(=O)N1. The minimum absolute atomic E-state index is 0.184. The molecule has 7 heteroatoms. The Morgan fingerprint density at radius 2 is 2.06 bits per heavy atom. The molecule has 168 valence electrons. The van der Waals surface area contributed by atoms with Crippen molar-refractivity contribution < 1.29 is 19.8 Å². The third-order valence-electron chi connectivity index (χ3n) is 6.12. The number of nitrogens with one attached hydrogen (secondary N) is 1. The predicted molar refractivity (Wildman–Crippen MR) is 122 cm³/mol. The van der Waals surface area contributed by atoms with Gasteiger partial charge in [-0.3, -0.25) is 9.59 Å². The monoisotopic (exact) mass is 444 g/mol. The Hall–Kier alpha value is -2.09. The average Bonchev–Trinajstić information content (AvgIpc) is 3.13. The number of nitrogens with zero attached hydrogens (tertiary/aromatic N) is 1. The van der Waals surface area contributed by atoms with Crippen molar-refractivity contribution in [3.63, 3.8) is 0 Å². The number of allylic oxidation sites excluding steroid dienone is 1. The molecule has 0 saturated heterocycles. The zero-order chi connectivity index (χ0) is 22.5. The van der Waals surface area contributed by atoms with Gasteiger partial charge in [0.05, 0.1) is 35.4 Å². The molecule has 3 rings (SSSR count). The van der Waals surface area contributed by atoms with E-state index in [2.05, 4.69) is 22.5 Å². The van der Waals surface area contributed by atoms with Gasteiger partial charge in [0.2, 0.25) is 5.91 Å². The first-order valence-corrected chi connectivity index (χ1v) is 11.8. The van der Waals surface area contributed by atoms with Crippen LogP contribution < -0.4 is 5.32 Å². The highest BCUT2D eigenvalue weighted by molar-refractivity contribution is 7.09. The number of ketones is 1. The Bertz CT molecular complexity index is 901. The number of Topliss-reactive ketones (excluding diaryl/α,β-unsaturated/α-hetero) is 1. The zero-order valence-electron chi connectivity index (χ0n) is 18.4. The van der Waals surface area contributed by atoms with Crippen LogP contribution in [0, 0.1) is 18.8 Å². The molecule has 6 nitrogen and oxygen atoms in total. The van der Waals surface area contributed by atoms with E-state index in [1.807, 2.05) is 25.3 Å². The molecule has 2 bridgehead atoms. The molecule has 0 fully saturated rings. The Kier molecular flexibility index (Phi) is 7.97. The minimum Gasteiger partial charge on any atom is -0.392 e. The van der Waals surface area contributed by atoms with Crippen LogP contribution in [0.3, 0.4) is 0 Å². The van der Waals surface area contributed by atoms with Crippen LogP contribution in [0.2, 0.25) is 0 Å². The van der Waals surface area contributed by atoms with Gasteiger partial charge in [0.25, 0.3) is 0 Å². The molecule has 0 aromatic carbocycles. The van der Waals surface area contributed by atoms with Gasteiger partial charge < -0.3 is 15.5 Å². The summed E-state index contributed by atoms with van der Waals surface area (Å²) in [6, 6.07) is -0.217. The van der Waals surface area contributed by atoms with Crippen LogP contribution in [0.5, 0.6) is 0 Å². The Labute approximate surface area is 187 Å². The zero-order valence-corrected chi connectivity index (χ0v) is 19.2. The molecule has 0 spiro atoms. The number of hydrogen-bond donors (Lipinski definition) is 3. The van der Waals surface area contributed by atoms with Crippen LogP contribution in [0.25, 0.3) is 6.08 Å². The summed E-state index contributed by atoms with van der Waals surface area (Å²) in [4.78, 5) is 29.8. The second-order valence-corrected chi connectivity index (χ2v) is 9.65. The summed E-state index contributed by atoms with van der Waals surface area (Å²) in [5, 5.41) is 27.1. The molecular weight excluding hydrogens is 412 g/mol. The van der Waals surface area contributed by atoms with Crippen molar-refractivity contribution in [3.8, 4) is 0 Å². The number of carbonyl (C=O) groups excluding carboxylic acids is 2. The summed E-state index contributed by atoms with van der Waals surface area (Å²) < 4.78 is 0. The van der Waals surface area contributed by atoms with Gasteiger partial charge in [0, 0.05) is 22.8 Å². The van der Waals surface area contributed by atoms with Crippen molar-refractivity contribution in [2.24, 2.45) is 11.8 Å². The van der Waals surface area contributed by atoms with Gasteiger partial charge in [-0.2, -0.15) is 0 Å². The molecule has 2 heterocycles. The molecule has 0 saturated carbocycles. The molecular formula is C24H32N2O4S. The molecule has 1 aromatic rings. The van der Waals surface area contributed by atoms with Crippen LogP contribution in [0.4, 0.5) is 0 Å². The number of aliphatic hydroxyl groups excluding tert-OH is 2. The van der Waals surface area contributed by atoms with E-state index >= 15 is 0 Å². The second-order valence-electron chi connectivity index (χ2n) is 8.59. The molecule has 3 N–H and O–H groups in total. The molecule has 1 aromatic heterocycles. The fraction of sp³-hybridized carbons (Fsp3) is 0.542. The summed E-state index contributed by atoms with van der Waals surface area (Å²) >= 11 is 1.58. The van der Waals surface area contributed by atoms with Crippen molar-refractivity contribution in [3.05, 3.63) is 45.5 Å². The van der Waals surface area contributed by atoms with E-state index in [4.69, 9.17) is 0 Å².